The van der Waals surface area contributed by atoms with Gasteiger partial charge in [-0.15, -0.1) is 0 Å². The average molecular weight is 278 g/mol. The summed E-state index contributed by atoms with van der Waals surface area (Å²) in [4.78, 5) is 27.1. The molecule has 0 spiro atoms. The van der Waals surface area contributed by atoms with E-state index < -0.39 is 11.9 Å². The number of aromatic nitrogens is 1. The molecule has 0 saturated heterocycles. The van der Waals surface area contributed by atoms with Crippen LogP contribution in [0.5, 0.6) is 0 Å². The lowest BCUT2D eigenvalue weighted by Crippen LogP contribution is -2.61. The maximum Gasteiger partial charge on any atom is 0.338 e. The highest BCUT2D eigenvalue weighted by Crippen LogP contribution is 2.42. The third-order valence-corrected chi connectivity index (χ3v) is 4.02. The lowest BCUT2D eigenvalue weighted by Gasteiger charge is -2.51. The summed E-state index contributed by atoms with van der Waals surface area (Å²) in [5.41, 5.74) is -0.329. The minimum atomic E-state index is -1.16. The zero-order valence-corrected chi connectivity index (χ0v) is 11.7. The van der Waals surface area contributed by atoms with Gasteiger partial charge in [-0.1, -0.05) is 13.8 Å². The van der Waals surface area contributed by atoms with Gasteiger partial charge in [0, 0.05) is 24.8 Å². The van der Waals surface area contributed by atoms with Gasteiger partial charge in [0.25, 0.3) is 5.91 Å². The van der Waals surface area contributed by atoms with Crippen molar-refractivity contribution in [2.45, 2.75) is 32.4 Å². The van der Waals surface area contributed by atoms with Crippen LogP contribution in [0.3, 0.4) is 0 Å². The van der Waals surface area contributed by atoms with Gasteiger partial charge in [0.05, 0.1) is 11.7 Å². The molecule has 20 heavy (non-hydrogen) atoms. The van der Waals surface area contributed by atoms with Crippen LogP contribution in [0, 0.1) is 5.41 Å². The molecule has 1 aromatic rings. The molecule has 2 atom stereocenters. The van der Waals surface area contributed by atoms with Gasteiger partial charge >= 0.3 is 5.97 Å². The third-order valence-electron chi connectivity index (χ3n) is 4.02. The Morgan fingerprint density at radius 1 is 1.50 bits per heavy atom. The first kappa shape index (κ1) is 14.5. The molecule has 6 heteroatoms. The molecule has 1 aromatic heterocycles. The summed E-state index contributed by atoms with van der Waals surface area (Å²) in [6.07, 6.45) is 2.21. The first-order valence-corrected chi connectivity index (χ1v) is 6.40. The van der Waals surface area contributed by atoms with E-state index in [2.05, 4.69) is 10.3 Å². The van der Waals surface area contributed by atoms with E-state index in [-0.39, 0.29) is 28.8 Å². The number of amides is 1. The zero-order valence-electron chi connectivity index (χ0n) is 11.7. The number of hydrogen-bond acceptors (Lipinski definition) is 4. The second kappa shape index (κ2) is 5.20. The number of pyridine rings is 1. The van der Waals surface area contributed by atoms with E-state index in [1.165, 1.54) is 18.3 Å². The lowest BCUT2D eigenvalue weighted by molar-refractivity contribution is -0.0942. The summed E-state index contributed by atoms with van der Waals surface area (Å²) in [5, 5.41) is 11.9. The van der Waals surface area contributed by atoms with E-state index in [4.69, 9.17) is 9.84 Å². The highest BCUT2D eigenvalue weighted by molar-refractivity contribution is 6.03. The topological polar surface area (TPSA) is 88.5 Å². The number of carbonyl (C=O) groups is 2. The van der Waals surface area contributed by atoms with Crippen molar-refractivity contribution in [2.75, 3.05) is 7.11 Å². The summed E-state index contributed by atoms with van der Waals surface area (Å²) in [7, 11) is 1.64. The predicted octanol–water partition coefficient (Wildman–Crippen LogP) is 1.32. The molecule has 1 heterocycles. The fraction of sp³-hybridized carbons (Fsp3) is 0.500. The normalized spacial score (nSPS) is 23.8. The Labute approximate surface area is 117 Å². The van der Waals surface area contributed by atoms with E-state index in [1.54, 1.807) is 7.11 Å². The molecule has 1 aliphatic rings. The molecule has 0 aromatic carbocycles. The van der Waals surface area contributed by atoms with Gasteiger partial charge in [0.15, 0.2) is 0 Å². The van der Waals surface area contributed by atoms with E-state index in [9.17, 15) is 9.59 Å². The molecule has 2 unspecified atom stereocenters. The van der Waals surface area contributed by atoms with Crippen molar-refractivity contribution in [3.05, 3.63) is 29.6 Å². The van der Waals surface area contributed by atoms with Gasteiger partial charge in [0.2, 0.25) is 0 Å². The van der Waals surface area contributed by atoms with Crippen molar-refractivity contribution in [1.29, 1.82) is 0 Å². The van der Waals surface area contributed by atoms with Crippen molar-refractivity contribution < 1.29 is 19.4 Å². The number of nitrogens with zero attached hydrogens (tertiary/aromatic N) is 1. The molecule has 2 rings (SSSR count). The summed E-state index contributed by atoms with van der Waals surface area (Å²) in [5.74, 6) is -1.62. The molecular weight excluding hydrogens is 260 g/mol. The van der Waals surface area contributed by atoms with Crippen LogP contribution < -0.4 is 5.32 Å². The monoisotopic (exact) mass is 278 g/mol. The van der Waals surface area contributed by atoms with Crippen molar-refractivity contribution in [3.63, 3.8) is 0 Å². The Hall–Kier alpha value is -1.95. The van der Waals surface area contributed by atoms with Gasteiger partial charge in [-0.2, -0.15) is 0 Å². The summed E-state index contributed by atoms with van der Waals surface area (Å²) in [6.45, 7) is 4.01. The van der Waals surface area contributed by atoms with Gasteiger partial charge in [0.1, 0.15) is 5.69 Å². The maximum absolute atomic E-state index is 12.2. The lowest BCUT2D eigenvalue weighted by atomic mass is 9.64. The van der Waals surface area contributed by atoms with Crippen LogP contribution in [-0.2, 0) is 4.74 Å². The van der Waals surface area contributed by atoms with Gasteiger partial charge < -0.3 is 15.2 Å². The van der Waals surface area contributed by atoms with Crippen LogP contribution in [0.25, 0.3) is 0 Å². The largest absolute Gasteiger partial charge is 0.478 e. The highest BCUT2D eigenvalue weighted by atomic mass is 16.5. The Balaban J connectivity index is 2.13. The number of methoxy groups -OCH3 is 1. The van der Waals surface area contributed by atoms with Crippen LogP contribution >= 0.6 is 0 Å². The summed E-state index contributed by atoms with van der Waals surface area (Å²) >= 11 is 0. The Morgan fingerprint density at radius 2 is 2.20 bits per heavy atom. The first-order chi connectivity index (χ1) is 9.37. The minimum Gasteiger partial charge on any atom is -0.478 e. The van der Waals surface area contributed by atoms with E-state index >= 15 is 0 Å². The predicted molar refractivity (Wildman–Crippen MR) is 71.6 cm³/mol. The fourth-order valence-electron chi connectivity index (χ4n) is 2.52. The van der Waals surface area contributed by atoms with Crippen LogP contribution in [0.1, 0.15) is 41.1 Å². The molecular formula is C14H18N2O4. The molecule has 0 aliphatic heterocycles. The zero-order chi connectivity index (χ0) is 14.9. The minimum absolute atomic E-state index is 0.0522. The first-order valence-electron chi connectivity index (χ1n) is 6.40. The SMILES string of the molecule is COC1CC(NC(=O)c2ncccc2C(=O)O)C1(C)C. The van der Waals surface area contributed by atoms with Crippen LogP contribution in [0.4, 0.5) is 0 Å². The van der Waals surface area contributed by atoms with Gasteiger partial charge in [-0.3, -0.25) is 9.78 Å². The number of carboxylic acid groups (broad SMARTS) is 1. The molecule has 0 bridgehead atoms. The summed E-state index contributed by atoms with van der Waals surface area (Å²) in [6, 6.07) is 2.81. The Kier molecular flexibility index (Phi) is 3.76. The molecule has 108 valence electrons. The second-order valence-electron chi connectivity index (χ2n) is 5.51. The maximum atomic E-state index is 12.2. The molecule has 1 amide bonds. The third kappa shape index (κ3) is 2.38. The molecule has 1 saturated carbocycles. The smallest absolute Gasteiger partial charge is 0.338 e. The number of rotatable bonds is 4. The average Bonchev–Trinajstić information content (AvgIpc) is 2.42. The highest BCUT2D eigenvalue weighted by Gasteiger charge is 2.49. The van der Waals surface area contributed by atoms with E-state index in [0.29, 0.717) is 6.42 Å². The van der Waals surface area contributed by atoms with E-state index in [1.807, 2.05) is 13.8 Å². The van der Waals surface area contributed by atoms with Crippen molar-refractivity contribution in [1.82, 2.24) is 10.3 Å². The second-order valence-corrected chi connectivity index (χ2v) is 5.51. The Morgan fingerprint density at radius 3 is 2.75 bits per heavy atom. The fourth-order valence-corrected chi connectivity index (χ4v) is 2.52. The van der Waals surface area contributed by atoms with Gasteiger partial charge in [-0.05, 0) is 18.6 Å². The quantitative estimate of drug-likeness (QED) is 0.867. The molecule has 2 N–H and O–H groups in total. The molecule has 1 aliphatic carbocycles. The molecule has 6 nitrogen and oxygen atoms in total. The van der Waals surface area contributed by atoms with Gasteiger partial charge in [-0.25, -0.2) is 4.79 Å². The number of nitrogens with one attached hydrogen (secondary N) is 1. The molecule has 1 fully saturated rings. The Bertz CT molecular complexity index is 542. The number of carbonyl (C=O) groups excluding carboxylic acids is 1. The standard InChI is InChI=1S/C14H18N2O4/c1-14(2)9(7-10(14)20-3)16-12(17)11-8(13(18)19)5-4-6-15-11/h4-6,9-10H,7H2,1-3H3,(H,16,17)(H,18,19). The number of ether oxygens (including phenoxy) is 1. The van der Waals surface area contributed by atoms with E-state index in [0.717, 1.165) is 0 Å². The number of aromatic carboxylic acids is 1. The van der Waals surface area contributed by atoms with Crippen molar-refractivity contribution in [3.8, 4) is 0 Å². The van der Waals surface area contributed by atoms with Crippen LogP contribution in [0.2, 0.25) is 0 Å². The van der Waals surface area contributed by atoms with Crippen LogP contribution in [0.15, 0.2) is 18.3 Å². The van der Waals surface area contributed by atoms with Crippen molar-refractivity contribution >= 4 is 11.9 Å². The van der Waals surface area contributed by atoms with Crippen LogP contribution in [-0.4, -0.2) is 41.2 Å². The van der Waals surface area contributed by atoms with Crippen molar-refractivity contribution in [2.24, 2.45) is 5.41 Å². The number of hydrogen-bond donors (Lipinski definition) is 2. The number of carboxylic acids is 1. The summed E-state index contributed by atoms with van der Waals surface area (Å²) < 4.78 is 5.32. The molecule has 0 radical (unpaired) electrons.